The quantitative estimate of drug-likeness (QED) is 0.792. The Morgan fingerprint density at radius 3 is 3.00 bits per heavy atom. The van der Waals surface area contributed by atoms with Crippen molar-refractivity contribution >= 4 is 5.91 Å². The topological polar surface area (TPSA) is 58.4 Å². The summed E-state index contributed by atoms with van der Waals surface area (Å²) in [5, 5.41) is 7.28. The van der Waals surface area contributed by atoms with Crippen LogP contribution >= 0.6 is 0 Å². The Kier molecular flexibility index (Phi) is 2.84. The minimum atomic E-state index is 0.175. The monoisotopic (exact) mass is 235 g/mol. The number of piperazine rings is 1. The van der Waals surface area contributed by atoms with Gasteiger partial charge in [0.25, 0.3) is 0 Å². The normalized spacial score (nSPS) is 19.4. The summed E-state index contributed by atoms with van der Waals surface area (Å²) in [5.74, 6) is 1.17. The van der Waals surface area contributed by atoms with Crippen molar-refractivity contribution in [2.75, 3.05) is 26.2 Å². The Morgan fingerprint density at radius 2 is 2.18 bits per heavy atom. The molecule has 0 radical (unpaired) electrons. The van der Waals surface area contributed by atoms with E-state index in [1.54, 1.807) is 0 Å². The van der Waals surface area contributed by atoms with Gasteiger partial charge in [0, 0.05) is 38.2 Å². The smallest absolute Gasteiger partial charge is 0.228 e. The number of nitrogens with zero attached hydrogens (tertiary/aromatic N) is 2. The standard InChI is InChI=1S/C12H17N3O2/c16-12(15-6-4-13-5-7-15)8-10-9-2-1-3-11(9)17-14-10/h13H,1-8H2. The van der Waals surface area contributed by atoms with Gasteiger partial charge >= 0.3 is 0 Å². The molecule has 92 valence electrons. The van der Waals surface area contributed by atoms with Crippen molar-refractivity contribution in [1.82, 2.24) is 15.4 Å². The van der Waals surface area contributed by atoms with E-state index >= 15 is 0 Å². The van der Waals surface area contributed by atoms with Crippen LogP contribution in [0, 0.1) is 0 Å². The molecule has 2 aliphatic rings. The highest BCUT2D eigenvalue weighted by Gasteiger charge is 2.24. The zero-order valence-corrected chi connectivity index (χ0v) is 9.87. The first-order valence-corrected chi connectivity index (χ1v) is 6.29. The van der Waals surface area contributed by atoms with Crippen LogP contribution in [-0.4, -0.2) is 42.1 Å². The molecule has 1 N–H and O–H groups in total. The number of carbonyl (C=O) groups is 1. The molecule has 0 aromatic carbocycles. The lowest BCUT2D eigenvalue weighted by Crippen LogP contribution is -2.47. The molecule has 0 atom stereocenters. The van der Waals surface area contributed by atoms with Crippen molar-refractivity contribution in [1.29, 1.82) is 0 Å². The summed E-state index contributed by atoms with van der Waals surface area (Å²) in [5.41, 5.74) is 2.05. The molecule has 1 amide bonds. The predicted molar refractivity (Wildman–Crippen MR) is 61.7 cm³/mol. The van der Waals surface area contributed by atoms with Gasteiger partial charge in [-0.2, -0.15) is 0 Å². The molecule has 1 aliphatic carbocycles. The molecule has 0 saturated carbocycles. The maximum atomic E-state index is 12.1. The Bertz CT molecular complexity index is 421. The lowest BCUT2D eigenvalue weighted by Gasteiger charge is -2.27. The molecule has 1 aromatic rings. The summed E-state index contributed by atoms with van der Waals surface area (Å²) in [6, 6.07) is 0. The number of nitrogens with one attached hydrogen (secondary N) is 1. The van der Waals surface area contributed by atoms with E-state index in [0.717, 1.165) is 56.9 Å². The Balaban J connectivity index is 1.67. The molecule has 0 bridgehead atoms. The zero-order chi connectivity index (χ0) is 11.7. The van der Waals surface area contributed by atoms with Gasteiger partial charge in [0.05, 0.1) is 12.1 Å². The molecule has 5 heteroatoms. The number of fused-ring (bicyclic) bond motifs is 1. The Labute approximate surface area is 100 Å². The number of hydrogen-bond acceptors (Lipinski definition) is 4. The molecule has 2 heterocycles. The lowest BCUT2D eigenvalue weighted by molar-refractivity contribution is -0.131. The van der Waals surface area contributed by atoms with E-state index in [-0.39, 0.29) is 5.91 Å². The summed E-state index contributed by atoms with van der Waals surface area (Å²) in [6.07, 6.45) is 3.53. The number of amides is 1. The fourth-order valence-electron chi connectivity index (χ4n) is 2.60. The van der Waals surface area contributed by atoms with E-state index in [1.807, 2.05) is 4.90 Å². The van der Waals surface area contributed by atoms with Gasteiger partial charge in [-0.25, -0.2) is 0 Å². The molecular weight excluding hydrogens is 218 g/mol. The largest absolute Gasteiger partial charge is 0.361 e. The second-order valence-electron chi connectivity index (χ2n) is 4.69. The minimum absolute atomic E-state index is 0.175. The molecule has 5 nitrogen and oxygen atoms in total. The van der Waals surface area contributed by atoms with Crippen LogP contribution in [-0.2, 0) is 24.1 Å². The molecule has 1 aliphatic heterocycles. The minimum Gasteiger partial charge on any atom is -0.361 e. The molecule has 1 fully saturated rings. The van der Waals surface area contributed by atoms with Gasteiger partial charge in [0.2, 0.25) is 5.91 Å². The van der Waals surface area contributed by atoms with Gasteiger partial charge in [0.15, 0.2) is 0 Å². The summed E-state index contributed by atoms with van der Waals surface area (Å²) in [6.45, 7) is 3.39. The molecule has 0 spiro atoms. The van der Waals surface area contributed by atoms with Crippen LogP contribution in [0.3, 0.4) is 0 Å². The van der Waals surface area contributed by atoms with Gasteiger partial charge in [-0.1, -0.05) is 5.16 Å². The van der Waals surface area contributed by atoms with Gasteiger partial charge in [-0.05, 0) is 12.8 Å². The van der Waals surface area contributed by atoms with Crippen molar-refractivity contribution in [3.05, 3.63) is 17.0 Å². The zero-order valence-electron chi connectivity index (χ0n) is 9.87. The molecule has 17 heavy (non-hydrogen) atoms. The van der Waals surface area contributed by atoms with Crippen molar-refractivity contribution < 1.29 is 9.32 Å². The highest BCUT2D eigenvalue weighted by molar-refractivity contribution is 5.78. The van der Waals surface area contributed by atoms with E-state index in [4.69, 9.17) is 4.52 Å². The fraction of sp³-hybridized carbons (Fsp3) is 0.667. The first-order valence-electron chi connectivity index (χ1n) is 6.29. The SMILES string of the molecule is O=C(Cc1noc2c1CCC2)N1CCNCC1. The number of rotatable bonds is 2. The maximum absolute atomic E-state index is 12.1. The first kappa shape index (κ1) is 10.8. The van der Waals surface area contributed by atoms with Crippen LogP contribution in [0.1, 0.15) is 23.4 Å². The molecule has 1 aromatic heterocycles. The molecule has 1 saturated heterocycles. The summed E-state index contributed by atoms with van der Waals surface area (Å²) < 4.78 is 5.26. The van der Waals surface area contributed by atoms with Gasteiger partial charge in [0.1, 0.15) is 5.76 Å². The van der Waals surface area contributed by atoms with Crippen LogP contribution < -0.4 is 5.32 Å². The van der Waals surface area contributed by atoms with Crippen molar-refractivity contribution in [2.45, 2.75) is 25.7 Å². The second-order valence-corrected chi connectivity index (χ2v) is 4.69. The third kappa shape index (κ3) is 2.07. The summed E-state index contributed by atoms with van der Waals surface area (Å²) in [7, 11) is 0. The third-order valence-electron chi connectivity index (χ3n) is 3.57. The highest BCUT2D eigenvalue weighted by Crippen LogP contribution is 2.25. The van der Waals surface area contributed by atoms with Crippen LogP contribution in [0.4, 0.5) is 0 Å². The number of carbonyl (C=O) groups excluding carboxylic acids is 1. The molecule has 0 unspecified atom stereocenters. The average molecular weight is 235 g/mol. The van der Waals surface area contributed by atoms with Gasteiger partial charge in [-0.15, -0.1) is 0 Å². The summed E-state index contributed by atoms with van der Waals surface area (Å²) in [4.78, 5) is 14.0. The lowest BCUT2D eigenvalue weighted by atomic mass is 10.1. The fourth-order valence-corrected chi connectivity index (χ4v) is 2.60. The maximum Gasteiger partial charge on any atom is 0.228 e. The van der Waals surface area contributed by atoms with E-state index in [0.29, 0.717) is 6.42 Å². The van der Waals surface area contributed by atoms with Crippen LogP contribution in [0.25, 0.3) is 0 Å². The second kappa shape index (κ2) is 4.49. The number of hydrogen-bond donors (Lipinski definition) is 1. The highest BCUT2D eigenvalue weighted by atomic mass is 16.5. The summed E-state index contributed by atoms with van der Waals surface area (Å²) >= 11 is 0. The van der Waals surface area contributed by atoms with E-state index < -0.39 is 0 Å². The van der Waals surface area contributed by atoms with E-state index in [9.17, 15) is 4.79 Å². The van der Waals surface area contributed by atoms with Gasteiger partial charge < -0.3 is 14.7 Å². The van der Waals surface area contributed by atoms with E-state index in [1.165, 1.54) is 5.56 Å². The predicted octanol–water partition coefficient (Wildman–Crippen LogP) is 0.138. The molecule has 3 rings (SSSR count). The van der Waals surface area contributed by atoms with Gasteiger partial charge in [-0.3, -0.25) is 4.79 Å². The van der Waals surface area contributed by atoms with Crippen molar-refractivity contribution in [3.8, 4) is 0 Å². The van der Waals surface area contributed by atoms with Crippen LogP contribution in [0.5, 0.6) is 0 Å². The van der Waals surface area contributed by atoms with E-state index in [2.05, 4.69) is 10.5 Å². The van der Waals surface area contributed by atoms with Crippen molar-refractivity contribution in [3.63, 3.8) is 0 Å². The number of aryl methyl sites for hydroxylation is 1. The van der Waals surface area contributed by atoms with Crippen LogP contribution in [0.2, 0.25) is 0 Å². The first-order chi connectivity index (χ1) is 8.34. The average Bonchev–Trinajstić information content (AvgIpc) is 2.95. The Hall–Kier alpha value is -1.36. The Morgan fingerprint density at radius 1 is 1.35 bits per heavy atom. The van der Waals surface area contributed by atoms with Crippen molar-refractivity contribution in [2.24, 2.45) is 0 Å². The molecular formula is C12H17N3O2. The third-order valence-corrected chi connectivity index (χ3v) is 3.57. The van der Waals surface area contributed by atoms with Crippen LogP contribution in [0.15, 0.2) is 4.52 Å². The number of aromatic nitrogens is 1.